The molecule has 0 bridgehead atoms. The number of hydrogen-bond donors (Lipinski definition) is 0. The minimum atomic E-state index is 0. The van der Waals surface area contributed by atoms with Gasteiger partial charge in [-0.2, -0.15) is 0 Å². The summed E-state index contributed by atoms with van der Waals surface area (Å²) < 4.78 is 0. The maximum Gasteiger partial charge on any atom is 0.0977 e. The van der Waals surface area contributed by atoms with Crippen molar-refractivity contribution in [3.63, 3.8) is 0 Å². The van der Waals surface area contributed by atoms with Gasteiger partial charge in [0.1, 0.15) is 0 Å². The maximum absolute atomic E-state index is 3.63. The highest BCUT2D eigenvalue weighted by atomic mass is 35.5. The fourth-order valence-electron chi connectivity index (χ4n) is 0.691. The van der Waals surface area contributed by atoms with Crippen molar-refractivity contribution in [3.05, 3.63) is 38.0 Å². The molecule has 3 heteroatoms. The van der Waals surface area contributed by atoms with E-state index < -0.39 is 0 Å². The molecule has 1 aliphatic heterocycles. The Labute approximate surface area is 67.5 Å². The molecule has 0 spiro atoms. The van der Waals surface area contributed by atoms with Crippen LogP contribution in [0.2, 0.25) is 0 Å². The average molecular weight is 159 g/mol. The van der Waals surface area contributed by atoms with Crippen molar-refractivity contribution in [2.24, 2.45) is 0 Å². The fraction of sp³-hybridized carbons (Fsp3) is 0.143. The molecule has 0 atom stereocenters. The zero-order valence-electron chi connectivity index (χ0n) is 5.73. The van der Waals surface area contributed by atoms with Crippen molar-refractivity contribution in [1.82, 2.24) is 9.80 Å². The molecular formula is C7H11ClN2. The molecule has 10 heavy (non-hydrogen) atoms. The van der Waals surface area contributed by atoms with Gasteiger partial charge < -0.3 is 9.80 Å². The Kier molecular flexibility index (Phi) is 3.65. The van der Waals surface area contributed by atoms with Crippen LogP contribution in [0, 0.1) is 0 Å². The van der Waals surface area contributed by atoms with Crippen LogP contribution in [-0.4, -0.2) is 16.5 Å². The number of halogens is 1. The van der Waals surface area contributed by atoms with Gasteiger partial charge in [0.15, 0.2) is 0 Å². The first-order chi connectivity index (χ1) is 4.36. The highest BCUT2D eigenvalue weighted by molar-refractivity contribution is 5.85. The lowest BCUT2D eigenvalue weighted by atomic mass is 10.8. The third kappa shape index (κ3) is 1.81. The summed E-state index contributed by atoms with van der Waals surface area (Å²) in [5.41, 5.74) is 0. The lowest BCUT2D eigenvalue weighted by molar-refractivity contribution is 0.393. The van der Waals surface area contributed by atoms with Crippen LogP contribution in [-0.2, 0) is 0 Å². The van der Waals surface area contributed by atoms with Crippen LogP contribution in [0.4, 0.5) is 0 Å². The normalized spacial score (nSPS) is 14.8. The smallest absolute Gasteiger partial charge is 0.0977 e. The van der Waals surface area contributed by atoms with E-state index in [4.69, 9.17) is 0 Å². The number of rotatable bonds is 2. The van der Waals surface area contributed by atoms with Crippen molar-refractivity contribution in [2.45, 2.75) is 0 Å². The van der Waals surface area contributed by atoms with Crippen LogP contribution in [0.25, 0.3) is 0 Å². The van der Waals surface area contributed by atoms with E-state index in [1.165, 1.54) is 0 Å². The Bertz CT molecular complexity index is 138. The molecule has 0 fully saturated rings. The van der Waals surface area contributed by atoms with E-state index in [0.717, 1.165) is 6.67 Å². The minimum absolute atomic E-state index is 0. The van der Waals surface area contributed by atoms with E-state index in [-0.39, 0.29) is 12.4 Å². The second kappa shape index (κ2) is 4.01. The first-order valence-electron chi connectivity index (χ1n) is 2.82. The Balaban J connectivity index is 0.000000810. The van der Waals surface area contributed by atoms with Crippen molar-refractivity contribution in [1.29, 1.82) is 0 Å². The predicted molar refractivity (Wildman–Crippen MR) is 45.3 cm³/mol. The fourth-order valence-corrected chi connectivity index (χ4v) is 0.691. The number of nitrogens with zero attached hydrogens (tertiary/aromatic N) is 2. The van der Waals surface area contributed by atoms with E-state index >= 15 is 0 Å². The Morgan fingerprint density at radius 2 is 1.50 bits per heavy atom. The summed E-state index contributed by atoms with van der Waals surface area (Å²) >= 11 is 0. The number of hydrogen-bond acceptors (Lipinski definition) is 2. The summed E-state index contributed by atoms with van der Waals surface area (Å²) in [5, 5.41) is 0. The van der Waals surface area contributed by atoms with Crippen molar-refractivity contribution in [3.8, 4) is 0 Å². The summed E-state index contributed by atoms with van der Waals surface area (Å²) in [7, 11) is 0. The molecule has 56 valence electrons. The Morgan fingerprint density at radius 3 is 1.70 bits per heavy atom. The molecule has 0 N–H and O–H groups in total. The molecule has 0 saturated carbocycles. The lowest BCUT2D eigenvalue weighted by Gasteiger charge is -2.12. The van der Waals surface area contributed by atoms with Gasteiger partial charge in [-0.15, -0.1) is 12.4 Å². The zero-order valence-corrected chi connectivity index (χ0v) is 6.55. The van der Waals surface area contributed by atoms with Crippen LogP contribution >= 0.6 is 12.4 Å². The third-order valence-electron chi connectivity index (χ3n) is 1.25. The highest BCUT2D eigenvalue weighted by Crippen LogP contribution is 2.04. The standard InChI is InChI=1S/C7H10N2.ClH/c1-3-8-5-6-9(4-2)7-8;/h3-6H,1-2,7H2;1H. The van der Waals surface area contributed by atoms with Gasteiger partial charge in [0.2, 0.25) is 0 Å². The van der Waals surface area contributed by atoms with E-state index in [0.29, 0.717) is 0 Å². The van der Waals surface area contributed by atoms with Crippen LogP contribution in [0.5, 0.6) is 0 Å². The first kappa shape index (κ1) is 9.11. The van der Waals surface area contributed by atoms with E-state index in [9.17, 15) is 0 Å². The van der Waals surface area contributed by atoms with Gasteiger partial charge in [-0.3, -0.25) is 0 Å². The largest absolute Gasteiger partial charge is 0.335 e. The van der Waals surface area contributed by atoms with Crippen LogP contribution in [0.3, 0.4) is 0 Å². The summed E-state index contributed by atoms with van der Waals surface area (Å²) in [6.07, 6.45) is 7.46. The topological polar surface area (TPSA) is 6.48 Å². The van der Waals surface area contributed by atoms with Gasteiger partial charge in [0.25, 0.3) is 0 Å². The molecule has 0 aromatic carbocycles. The van der Waals surface area contributed by atoms with Crippen molar-refractivity contribution in [2.75, 3.05) is 6.67 Å². The second-order valence-corrected chi connectivity index (χ2v) is 1.83. The molecule has 0 amide bonds. The first-order valence-corrected chi connectivity index (χ1v) is 2.82. The molecule has 0 aliphatic carbocycles. The molecule has 1 rings (SSSR count). The molecule has 0 saturated heterocycles. The molecule has 1 aliphatic rings. The minimum Gasteiger partial charge on any atom is -0.335 e. The molecular weight excluding hydrogens is 148 g/mol. The second-order valence-electron chi connectivity index (χ2n) is 1.83. The third-order valence-corrected chi connectivity index (χ3v) is 1.25. The van der Waals surface area contributed by atoms with E-state index in [2.05, 4.69) is 13.2 Å². The van der Waals surface area contributed by atoms with Crippen molar-refractivity contribution < 1.29 is 0 Å². The van der Waals surface area contributed by atoms with Crippen LogP contribution in [0.1, 0.15) is 0 Å². The summed E-state index contributed by atoms with van der Waals surface area (Å²) in [5.74, 6) is 0. The summed E-state index contributed by atoms with van der Waals surface area (Å²) in [4.78, 5) is 3.95. The van der Waals surface area contributed by atoms with Gasteiger partial charge >= 0.3 is 0 Å². The highest BCUT2D eigenvalue weighted by Gasteiger charge is 2.03. The Hall–Kier alpha value is -0.890. The molecule has 0 radical (unpaired) electrons. The van der Waals surface area contributed by atoms with Gasteiger partial charge in [-0.25, -0.2) is 0 Å². The molecule has 2 nitrogen and oxygen atoms in total. The van der Waals surface area contributed by atoms with Crippen molar-refractivity contribution >= 4 is 12.4 Å². The summed E-state index contributed by atoms with van der Waals surface area (Å²) in [6.45, 7) is 8.09. The molecule has 0 aromatic rings. The van der Waals surface area contributed by atoms with Crippen LogP contribution < -0.4 is 0 Å². The maximum atomic E-state index is 3.63. The average Bonchev–Trinajstić information content (AvgIpc) is 2.34. The molecule has 1 heterocycles. The van der Waals surface area contributed by atoms with E-state index in [1.807, 2.05) is 22.2 Å². The Morgan fingerprint density at radius 1 is 1.10 bits per heavy atom. The lowest BCUT2D eigenvalue weighted by Crippen LogP contribution is -2.15. The quantitative estimate of drug-likeness (QED) is 0.604. The predicted octanol–water partition coefficient (Wildman–Crippen LogP) is 1.74. The zero-order chi connectivity index (χ0) is 6.69. The van der Waals surface area contributed by atoms with Gasteiger partial charge in [-0.1, -0.05) is 13.2 Å². The SMILES string of the molecule is C=CN1C=CN(C=C)C1.Cl. The van der Waals surface area contributed by atoms with Crippen LogP contribution in [0.15, 0.2) is 38.0 Å². The summed E-state index contributed by atoms with van der Waals surface area (Å²) in [6, 6.07) is 0. The molecule has 0 aromatic heterocycles. The van der Waals surface area contributed by atoms with Gasteiger partial charge in [-0.05, 0) is 12.4 Å². The van der Waals surface area contributed by atoms with E-state index in [1.54, 1.807) is 12.4 Å². The molecule has 0 unspecified atom stereocenters. The van der Waals surface area contributed by atoms with Gasteiger partial charge in [0, 0.05) is 12.4 Å². The monoisotopic (exact) mass is 158 g/mol. The van der Waals surface area contributed by atoms with Gasteiger partial charge in [0.05, 0.1) is 6.67 Å².